The monoisotopic (exact) mass is 205 g/mol. The first kappa shape index (κ1) is 9.58. The number of rotatable bonds is 3. The number of hydrogen-bond donors (Lipinski definition) is 0. The van der Waals surface area contributed by atoms with Gasteiger partial charge in [0.15, 0.2) is 11.5 Å². The summed E-state index contributed by atoms with van der Waals surface area (Å²) in [4.78, 5) is 0. The average molecular weight is 205 g/mol. The van der Waals surface area contributed by atoms with E-state index in [2.05, 4.69) is 5.16 Å². The predicted molar refractivity (Wildman–Crippen MR) is 55.0 cm³/mol. The molecule has 2 rings (SSSR count). The molecule has 0 fully saturated rings. The van der Waals surface area contributed by atoms with Crippen LogP contribution in [0.5, 0.6) is 11.5 Å². The highest BCUT2D eigenvalue weighted by Crippen LogP contribution is 2.31. The molecule has 0 unspecified atom stereocenters. The zero-order valence-electron chi connectivity index (χ0n) is 8.56. The molecular formula is C11H11NO3. The zero-order chi connectivity index (χ0) is 10.7. The molecule has 1 aromatic carbocycles. The minimum atomic E-state index is 0.679. The van der Waals surface area contributed by atoms with E-state index in [0.29, 0.717) is 11.5 Å². The van der Waals surface area contributed by atoms with E-state index in [0.717, 1.165) is 11.3 Å². The SMILES string of the molecule is COc1ccc(-c2ccon2)cc1OC. The van der Waals surface area contributed by atoms with E-state index in [1.165, 1.54) is 6.26 Å². The Balaban J connectivity index is 2.43. The summed E-state index contributed by atoms with van der Waals surface area (Å²) in [5.74, 6) is 1.38. The molecule has 78 valence electrons. The normalized spacial score (nSPS) is 10.0. The van der Waals surface area contributed by atoms with Crippen molar-refractivity contribution in [2.24, 2.45) is 0 Å². The fourth-order valence-corrected chi connectivity index (χ4v) is 1.36. The Morgan fingerprint density at radius 2 is 1.87 bits per heavy atom. The van der Waals surface area contributed by atoms with Crippen LogP contribution in [0.25, 0.3) is 11.3 Å². The summed E-state index contributed by atoms with van der Waals surface area (Å²) in [6.45, 7) is 0. The molecule has 0 aliphatic heterocycles. The van der Waals surface area contributed by atoms with Gasteiger partial charge in [0.2, 0.25) is 0 Å². The summed E-state index contributed by atoms with van der Waals surface area (Å²) < 4.78 is 15.1. The van der Waals surface area contributed by atoms with E-state index in [1.807, 2.05) is 18.2 Å². The number of nitrogens with zero attached hydrogens (tertiary/aromatic N) is 1. The van der Waals surface area contributed by atoms with E-state index in [9.17, 15) is 0 Å². The van der Waals surface area contributed by atoms with Gasteiger partial charge in [-0.3, -0.25) is 0 Å². The molecule has 0 atom stereocenters. The van der Waals surface area contributed by atoms with Crippen LogP contribution < -0.4 is 9.47 Å². The van der Waals surface area contributed by atoms with Crippen molar-refractivity contribution in [3.63, 3.8) is 0 Å². The lowest BCUT2D eigenvalue weighted by atomic mass is 10.1. The fourth-order valence-electron chi connectivity index (χ4n) is 1.36. The topological polar surface area (TPSA) is 44.5 Å². The molecule has 0 spiro atoms. The summed E-state index contributed by atoms with van der Waals surface area (Å²) in [6, 6.07) is 7.39. The Kier molecular flexibility index (Phi) is 2.58. The maximum atomic E-state index is 5.19. The molecule has 15 heavy (non-hydrogen) atoms. The third-order valence-electron chi connectivity index (χ3n) is 2.12. The van der Waals surface area contributed by atoms with Crippen LogP contribution >= 0.6 is 0 Å². The van der Waals surface area contributed by atoms with Crippen molar-refractivity contribution in [2.75, 3.05) is 14.2 Å². The number of ether oxygens (including phenoxy) is 2. The molecule has 4 heteroatoms. The second-order valence-electron chi connectivity index (χ2n) is 2.95. The highest BCUT2D eigenvalue weighted by molar-refractivity contribution is 5.63. The Labute approximate surface area is 87.4 Å². The van der Waals surface area contributed by atoms with Gasteiger partial charge in [-0.1, -0.05) is 5.16 Å². The summed E-state index contributed by atoms with van der Waals surface area (Å²) in [5, 5.41) is 3.85. The van der Waals surface area contributed by atoms with Crippen LogP contribution in [0.3, 0.4) is 0 Å². The third-order valence-corrected chi connectivity index (χ3v) is 2.12. The number of hydrogen-bond acceptors (Lipinski definition) is 4. The standard InChI is InChI=1S/C11H11NO3/c1-13-10-4-3-8(7-11(10)14-2)9-5-6-15-12-9/h3-7H,1-2H3. The van der Waals surface area contributed by atoms with Gasteiger partial charge in [0.1, 0.15) is 12.0 Å². The molecule has 0 aliphatic rings. The van der Waals surface area contributed by atoms with Crippen LogP contribution in [0.4, 0.5) is 0 Å². The maximum absolute atomic E-state index is 5.19. The van der Waals surface area contributed by atoms with Gasteiger partial charge in [-0.05, 0) is 18.2 Å². The van der Waals surface area contributed by atoms with Crippen LogP contribution in [-0.2, 0) is 0 Å². The van der Waals surface area contributed by atoms with Crippen LogP contribution in [0.1, 0.15) is 0 Å². The zero-order valence-corrected chi connectivity index (χ0v) is 8.56. The highest BCUT2D eigenvalue weighted by atomic mass is 16.5. The van der Waals surface area contributed by atoms with Gasteiger partial charge < -0.3 is 14.0 Å². The van der Waals surface area contributed by atoms with Gasteiger partial charge in [0, 0.05) is 11.6 Å². The quantitative estimate of drug-likeness (QED) is 0.771. The van der Waals surface area contributed by atoms with Gasteiger partial charge in [-0.25, -0.2) is 0 Å². The molecule has 0 bridgehead atoms. The lowest BCUT2D eigenvalue weighted by Crippen LogP contribution is -1.90. The van der Waals surface area contributed by atoms with Crippen molar-refractivity contribution >= 4 is 0 Å². The number of aromatic nitrogens is 1. The van der Waals surface area contributed by atoms with Crippen molar-refractivity contribution in [2.45, 2.75) is 0 Å². The highest BCUT2D eigenvalue weighted by Gasteiger charge is 2.07. The predicted octanol–water partition coefficient (Wildman–Crippen LogP) is 2.36. The number of methoxy groups -OCH3 is 2. The van der Waals surface area contributed by atoms with Gasteiger partial charge in [0.05, 0.1) is 14.2 Å². The second kappa shape index (κ2) is 4.04. The van der Waals surface area contributed by atoms with Crippen molar-refractivity contribution < 1.29 is 14.0 Å². The lowest BCUT2D eigenvalue weighted by Gasteiger charge is -2.07. The second-order valence-corrected chi connectivity index (χ2v) is 2.95. The molecule has 0 amide bonds. The molecule has 4 nitrogen and oxygen atoms in total. The molecule has 0 saturated heterocycles. The molecule has 2 aromatic rings. The summed E-state index contributed by atoms with van der Waals surface area (Å²) >= 11 is 0. The lowest BCUT2D eigenvalue weighted by molar-refractivity contribution is 0.355. The van der Waals surface area contributed by atoms with Gasteiger partial charge in [-0.15, -0.1) is 0 Å². The largest absolute Gasteiger partial charge is 0.493 e. The molecule has 1 aromatic heterocycles. The first-order valence-corrected chi connectivity index (χ1v) is 4.48. The minimum Gasteiger partial charge on any atom is -0.493 e. The van der Waals surface area contributed by atoms with E-state index < -0.39 is 0 Å². The van der Waals surface area contributed by atoms with E-state index in [-0.39, 0.29) is 0 Å². The van der Waals surface area contributed by atoms with Crippen molar-refractivity contribution in [3.05, 3.63) is 30.5 Å². The van der Waals surface area contributed by atoms with E-state index in [1.54, 1.807) is 20.3 Å². The maximum Gasteiger partial charge on any atom is 0.161 e. The fraction of sp³-hybridized carbons (Fsp3) is 0.182. The third kappa shape index (κ3) is 1.79. The first-order chi connectivity index (χ1) is 7.35. The Morgan fingerprint density at radius 3 is 2.47 bits per heavy atom. The molecule has 0 N–H and O–H groups in total. The van der Waals surface area contributed by atoms with Crippen LogP contribution in [0, 0.1) is 0 Å². The van der Waals surface area contributed by atoms with Gasteiger partial charge in [-0.2, -0.15) is 0 Å². The van der Waals surface area contributed by atoms with Crippen molar-refractivity contribution in [1.82, 2.24) is 5.16 Å². The average Bonchev–Trinajstić information content (AvgIpc) is 2.81. The first-order valence-electron chi connectivity index (χ1n) is 4.48. The molecular weight excluding hydrogens is 194 g/mol. The Morgan fingerprint density at radius 1 is 1.07 bits per heavy atom. The van der Waals surface area contributed by atoms with E-state index in [4.69, 9.17) is 14.0 Å². The van der Waals surface area contributed by atoms with Crippen molar-refractivity contribution in [1.29, 1.82) is 0 Å². The molecule has 0 aliphatic carbocycles. The van der Waals surface area contributed by atoms with E-state index >= 15 is 0 Å². The smallest absolute Gasteiger partial charge is 0.161 e. The Bertz CT molecular complexity index is 437. The molecule has 0 saturated carbocycles. The van der Waals surface area contributed by atoms with Crippen molar-refractivity contribution in [3.8, 4) is 22.8 Å². The molecule has 1 heterocycles. The van der Waals surface area contributed by atoms with Crippen LogP contribution in [0.15, 0.2) is 35.1 Å². The summed E-state index contributed by atoms with van der Waals surface area (Å²) in [5.41, 5.74) is 1.71. The minimum absolute atomic E-state index is 0.679. The van der Waals surface area contributed by atoms with Crippen LogP contribution in [0.2, 0.25) is 0 Å². The Hall–Kier alpha value is -1.97. The van der Waals surface area contributed by atoms with Gasteiger partial charge in [0.25, 0.3) is 0 Å². The summed E-state index contributed by atoms with van der Waals surface area (Å²) in [6.07, 6.45) is 1.53. The summed E-state index contributed by atoms with van der Waals surface area (Å²) in [7, 11) is 3.21. The van der Waals surface area contributed by atoms with Crippen LogP contribution in [-0.4, -0.2) is 19.4 Å². The number of benzene rings is 1. The molecule has 0 radical (unpaired) electrons. The van der Waals surface area contributed by atoms with Gasteiger partial charge >= 0.3 is 0 Å².